The van der Waals surface area contributed by atoms with Crippen molar-refractivity contribution in [2.75, 3.05) is 19.0 Å². The highest BCUT2D eigenvalue weighted by Crippen LogP contribution is 2.29. The molecule has 1 N–H and O–H groups in total. The van der Waals surface area contributed by atoms with Gasteiger partial charge in [-0.15, -0.1) is 0 Å². The van der Waals surface area contributed by atoms with Gasteiger partial charge in [0.15, 0.2) is 6.61 Å². The maximum atomic E-state index is 12.5. The van der Waals surface area contributed by atoms with E-state index < -0.39 is 36.2 Å². The molecule has 0 heterocycles. The Hall–Kier alpha value is -3.36. The molecule has 0 saturated carbocycles. The Labute approximate surface area is 151 Å². The van der Waals surface area contributed by atoms with Crippen molar-refractivity contribution >= 4 is 23.5 Å². The van der Waals surface area contributed by atoms with Gasteiger partial charge >= 0.3 is 18.1 Å². The molecule has 2 aromatic rings. The first-order valence-corrected chi connectivity index (χ1v) is 7.54. The van der Waals surface area contributed by atoms with Gasteiger partial charge in [0.05, 0.1) is 23.8 Å². The van der Waals surface area contributed by atoms with E-state index in [2.05, 4.69) is 10.1 Å². The van der Waals surface area contributed by atoms with Crippen LogP contribution < -0.4 is 5.32 Å². The molecule has 0 atom stereocenters. The zero-order valence-electron chi connectivity index (χ0n) is 14.0. The highest BCUT2D eigenvalue weighted by atomic mass is 19.4. The molecule has 1 amide bonds. The Morgan fingerprint density at radius 2 is 1.48 bits per heavy atom. The molecule has 0 fully saturated rings. The van der Waals surface area contributed by atoms with Gasteiger partial charge in [-0.25, -0.2) is 9.59 Å². The molecule has 0 aliphatic heterocycles. The van der Waals surface area contributed by atoms with Gasteiger partial charge in [0.2, 0.25) is 0 Å². The molecule has 0 unspecified atom stereocenters. The smallest absolute Gasteiger partial charge is 0.416 e. The number of carbonyl (C=O) groups excluding carboxylic acids is 3. The number of anilines is 1. The molecule has 6 nitrogen and oxygen atoms in total. The number of carbonyl (C=O) groups is 3. The number of benzene rings is 2. The lowest BCUT2D eigenvalue weighted by Crippen LogP contribution is -2.22. The summed E-state index contributed by atoms with van der Waals surface area (Å²) in [4.78, 5) is 35.5. The molecule has 142 valence electrons. The molecule has 0 aliphatic carbocycles. The monoisotopic (exact) mass is 381 g/mol. The summed E-state index contributed by atoms with van der Waals surface area (Å²) in [7, 11) is 1.15. The van der Waals surface area contributed by atoms with Crippen molar-refractivity contribution < 1.29 is 37.0 Å². The van der Waals surface area contributed by atoms with Crippen molar-refractivity contribution in [1.82, 2.24) is 0 Å². The Morgan fingerprint density at radius 3 is 2.00 bits per heavy atom. The van der Waals surface area contributed by atoms with E-state index in [1.165, 1.54) is 24.3 Å². The van der Waals surface area contributed by atoms with Crippen LogP contribution in [0.25, 0.3) is 0 Å². The fourth-order valence-corrected chi connectivity index (χ4v) is 2.10. The number of ether oxygens (including phenoxy) is 2. The predicted molar refractivity (Wildman–Crippen MR) is 88.1 cm³/mol. The highest BCUT2D eigenvalue weighted by Gasteiger charge is 2.30. The van der Waals surface area contributed by atoms with Crippen molar-refractivity contribution in [2.45, 2.75) is 6.18 Å². The topological polar surface area (TPSA) is 81.7 Å². The fourth-order valence-electron chi connectivity index (χ4n) is 2.10. The van der Waals surface area contributed by atoms with Gasteiger partial charge in [-0.05, 0) is 36.4 Å². The second-order valence-electron chi connectivity index (χ2n) is 5.24. The number of methoxy groups -OCH3 is 1. The lowest BCUT2D eigenvalue weighted by atomic mass is 10.1. The van der Waals surface area contributed by atoms with Crippen molar-refractivity contribution in [2.24, 2.45) is 0 Å². The van der Waals surface area contributed by atoms with Crippen molar-refractivity contribution in [3.8, 4) is 0 Å². The quantitative estimate of drug-likeness (QED) is 0.804. The number of amides is 1. The molecule has 0 bridgehead atoms. The van der Waals surface area contributed by atoms with Crippen molar-refractivity contribution in [3.05, 3.63) is 65.2 Å². The molecule has 27 heavy (non-hydrogen) atoms. The third-order valence-electron chi connectivity index (χ3n) is 3.38. The standard InChI is InChI=1S/C18H14F3NO5/c1-26-16(24)13-4-2-3-5-14(13)17(25)27-10-15(23)22-12-8-6-11(7-9-12)18(19,20)21/h2-9H,10H2,1H3,(H,22,23). The molecule has 0 saturated heterocycles. The SMILES string of the molecule is COC(=O)c1ccccc1C(=O)OCC(=O)Nc1ccc(C(F)(F)F)cc1. The van der Waals surface area contributed by atoms with Crippen LogP contribution in [0.3, 0.4) is 0 Å². The summed E-state index contributed by atoms with van der Waals surface area (Å²) in [5.41, 5.74) is -0.842. The van der Waals surface area contributed by atoms with E-state index in [0.717, 1.165) is 31.4 Å². The predicted octanol–water partition coefficient (Wildman–Crippen LogP) is 3.29. The number of hydrogen-bond acceptors (Lipinski definition) is 5. The van der Waals surface area contributed by atoms with Crippen LogP contribution in [0.2, 0.25) is 0 Å². The molecule has 0 aliphatic rings. The minimum Gasteiger partial charge on any atom is -0.465 e. The Kier molecular flexibility index (Phi) is 6.17. The van der Waals surface area contributed by atoms with Gasteiger partial charge < -0.3 is 14.8 Å². The second-order valence-corrected chi connectivity index (χ2v) is 5.24. The molecule has 2 rings (SSSR count). The molecular weight excluding hydrogens is 367 g/mol. The van der Waals surface area contributed by atoms with E-state index in [1.54, 1.807) is 0 Å². The van der Waals surface area contributed by atoms with Crippen LogP contribution in [0.5, 0.6) is 0 Å². The van der Waals surface area contributed by atoms with E-state index in [-0.39, 0.29) is 16.8 Å². The Balaban J connectivity index is 1.96. The summed E-state index contributed by atoms with van der Waals surface area (Å²) in [5, 5.41) is 2.30. The van der Waals surface area contributed by atoms with Gasteiger partial charge in [-0.2, -0.15) is 13.2 Å². The molecule has 0 spiro atoms. The van der Waals surface area contributed by atoms with Gasteiger partial charge in [0, 0.05) is 5.69 Å². The first-order chi connectivity index (χ1) is 12.7. The van der Waals surface area contributed by atoms with Crippen LogP contribution in [0, 0.1) is 0 Å². The molecule has 0 radical (unpaired) electrons. The first kappa shape index (κ1) is 20.0. The van der Waals surface area contributed by atoms with Crippen LogP contribution in [0.15, 0.2) is 48.5 Å². The maximum absolute atomic E-state index is 12.5. The highest BCUT2D eigenvalue weighted by molar-refractivity contribution is 6.04. The third kappa shape index (κ3) is 5.30. The normalized spacial score (nSPS) is 10.8. The summed E-state index contributed by atoms with van der Waals surface area (Å²) >= 11 is 0. The van der Waals surface area contributed by atoms with Crippen LogP contribution >= 0.6 is 0 Å². The van der Waals surface area contributed by atoms with E-state index >= 15 is 0 Å². The number of esters is 2. The molecule has 0 aromatic heterocycles. The summed E-state index contributed by atoms with van der Waals surface area (Å²) < 4.78 is 46.9. The van der Waals surface area contributed by atoms with Gasteiger partial charge in [-0.3, -0.25) is 4.79 Å². The van der Waals surface area contributed by atoms with Crippen molar-refractivity contribution in [3.63, 3.8) is 0 Å². The van der Waals surface area contributed by atoms with Gasteiger partial charge in [-0.1, -0.05) is 12.1 Å². The fraction of sp³-hybridized carbons (Fsp3) is 0.167. The van der Waals surface area contributed by atoms with Crippen LogP contribution in [0.1, 0.15) is 26.3 Å². The zero-order valence-corrected chi connectivity index (χ0v) is 14.0. The summed E-state index contributed by atoms with van der Waals surface area (Å²) in [6.45, 7) is -0.685. The number of alkyl halides is 3. The largest absolute Gasteiger partial charge is 0.465 e. The second kappa shape index (κ2) is 8.35. The number of rotatable bonds is 5. The van der Waals surface area contributed by atoms with Gasteiger partial charge in [0.1, 0.15) is 0 Å². The number of halogens is 3. The first-order valence-electron chi connectivity index (χ1n) is 7.54. The van der Waals surface area contributed by atoms with Gasteiger partial charge in [0.25, 0.3) is 5.91 Å². The maximum Gasteiger partial charge on any atom is 0.416 e. The summed E-state index contributed by atoms with van der Waals surface area (Å²) in [5.74, 6) is -2.41. The minimum absolute atomic E-state index is 0.0202. The summed E-state index contributed by atoms with van der Waals surface area (Å²) in [6.07, 6.45) is -4.48. The van der Waals surface area contributed by atoms with E-state index in [0.29, 0.717) is 0 Å². The number of hydrogen-bond donors (Lipinski definition) is 1. The zero-order chi connectivity index (χ0) is 20.0. The Morgan fingerprint density at radius 1 is 0.926 bits per heavy atom. The lowest BCUT2D eigenvalue weighted by molar-refractivity contribution is -0.137. The van der Waals surface area contributed by atoms with Crippen molar-refractivity contribution in [1.29, 1.82) is 0 Å². The Bertz CT molecular complexity index is 847. The van der Waals surface area contributed by atoms with Crippen LogP contribution in [0.4, 0.5) is 18.9 Å². The summed E-state index contributed by atoms with van der Waals surface area (Å²) in [6, 6.07) is 9.52. The molecule has 2 aromatic carbocycles. The number of nitrogens with one attached hydrogen (secondary N) is 1. The molecule has 9 heteroatoms. The van der Waals surface area contributed by atoms with E-state index in [1.807, 2.05) is 0 Å². The lowest BCUT2D eigenvalue weighted by Gasteiger charge is -2.10. The average molecular weight is 381 g/mol. The molecular formula is C18H14F3NO5. The average Bonchev–Trinajstić information content (AvgIpc) is 2.65. The van der Waals surface area contributed by atoms with E-state index in [4.69, 9.17) is 4.74 Å². The van der Waals surface area contributed by atoms with Crippen LogP contribution in [-0.4, -0.2) is 31.6 Å². The van der Waals surface area contributed by atoms with E-state index in [9.17, 15) is 27.6 Å². The third-order valence-corrected chi connectivity index (χ3v) is 3.38. The van der Waals surface area contributed by atoms with Crippen LogP contribution in [-0.2, 0) is 20.4 Å². The minimum atomic E-state index is -4.48.